The number of likely N-dealkylation sites (N-methyl/N-ethyl adjacent to an activating group) is 1. The van der Waals surface area contributed by atoms with Crippen LogP contribution in [-0.2, 0) is 0 Å². The Kier molecular flexibility index (Phi) is 3.82. The maximum absolute atomic E-state index is 12.4. The van der Waals surface area contributed by atoms with Crippen molar-refractivity contribution in [3.63, 3.8) is 0 Å². The van der Waals surface area contributed by atoms with Crippen LogP contribution in [0.15, 0.2) is 24.4 Å². The summed E-state index contributed by atoms with van der Waals surface area (Å²) in [6.07, 6.45) is 2.45. The van der Waals surface area contributed by atoms with E-state index in [2.05, 4.69) is 11.9 Å². The second kappa shape index (κ2) is 4.13. The number of hydrogen-bond acceptors (Lipinski definition) is 2. The van der Waals surface area contributed by atoms with E-state index in [1.807, 2.05) is 6.92 Å². The maximum Gasteiger partial charge on any atom is 0.223 e. The predicted octanol–water partition coefficient (Wildman–Crippen LogP) is 1.34. The van der Waals surface area contributed by atoms with Gasteiger partial charge in [0, 0.05) is 12.2 Å². The summed E-state index contributed by atoms with van der Waals surface area (Å²) in [5.41, 5.74) is 0.588. The van der Waals surface area contributed by atoms with Gasteiger partial charge in [-0.05, 0) is 26.0 Å². The van der Waals surface area contributed by atoms with Gasteiger partial charge in [0.05, 0.1) is 0 Å². The van der Waals surface area contributed by atoms with Gasteiger partial charge in [0.2, 0.25) is 5.85 Å². The van der Waals surface area contributed by atoms with Crippen molar-refractivity contribution in [1.82, 2.24) is 5.32 Å². The molecule has 0 spiro atoms. The van der Waals surface area contributed by atoms with E-state index in [1.165, 1.54) is 6.08 Å². The average Bonchev–Trinajstić information content (AvgIpc) is 1.83. The van der Waals surface area contributed by atoms with E-state index in [0.29, 0.717) is 5.70 Å². The highest BCUT2D eigenvalue weighted by atomic mass is 19.2. The molecule has 2 N–H and O–H groups in total. The number of halogens is 1. The van der Waals surface area contributed by atoms with Crippen LogP contribution in [0.3, 0.4) is 0 Å². The fourth-order valence-corrected chi connectivity index (χ4v) is 0.539. The fourth-order valence-electron chi connectivity index (χ4n) is 0.539. The number of alkyl halides is 1. The van der Waals surface area contributed by atoms with E-state index in [4.69, 9.17) is 5.11 Å². The lowest BCUT2D eigenvalue weighted by Crippen LogP contribution is -2.14. The molecule has 0 rings (SSSR count). The fraction of sp³-hybridized carbons (Fsp3) is 0.500. The molecule has 64 valence electrons. The van der Waals surface area contributed by atoms with E-state index in [9.17, 15) is 4.39 Å². The lowest BCUT2D eigenvalue weighted by Gasteiger charge is -2.06. The molecule has 0 bridgehead atoms. The van der Waals surface area contributed by atoms with Crippen LogP contribution < -0.4 is 5.32 Å². The number of hydrogen-bond donors (Lipinski definition) is 2. The zero-order valence-corrected chi connectivity index (χ0v) is 6.89. The van der Waals surface area contributed by atoms with Crippen LogP contribution in [0.1, 0.15) is 13.8 Å². The molecular weight excluding hydrogens is 145 g/mol. The molecule has 0 aromatic rings. The van der Waals surface area contributed by atoms with Crippen molar-refractivity contribution in [1.29, 1.82) is 0 Å². The van der Waals surface area contributed by atoms with E-state index in [-0.39, 0.29) is 0 Å². The summed E-state index contributed by atoms with van der Waals surface area (Å²) in [5.74, 6) is -2.25. The minimum Gasteiger partial charge on any atom is -0.386 e. The quantitative estimate of drug-likeness (QED) is 0.607. The minimum absolute atomic E-state index is 0.588. The second-order valence-corrected chi connectivity index (χ2v) is 2.41. The van der Waals surface area contributed by atoms with Crippen LogP contribution in [0, 0.1) is 0 Å². The van der Waals surface area contributed by atoms with Crippen molar-refractivity contribution in [3.05, 3.63) is 24.4 Å². The van der Waals surface area contributed by atoms with Gasteiger partial charge in [-0.3, -0.25) is 0 Å². The predicted molar refractivity (Wildman–Crippen MR) is 43.7 cm³/mol. The van der Waals surface area contributed by atoms with Gasteiger partial charge >= 0.3 is 0 Å². The molecule has 0 heterocycles. The molecule has 0 aliphatic heterocycles. The monoisotopic (exact) mass is 159 g/mol. The van der Waals surface area contributed by atoms with Crippen molar-refractivity contribution in [2.75, 3.05) is 6.54 Å². The molecule has 0 fully saturated rings. The lowest BCUT2D eigenvalue weighted by molar-refractivity contribution is -0.0224. The van der Waals surface area contributed by atoms with Crippen molar-refractivity contribution in [3.8, 4) is 0 Å². The number of rotatable bonds is 4. The third-order valence-electron chi connectivity index (χ3n) is 0.993. The molecule has 0 aromatic heterocycles. The third-order valence-corrected chi connectivity index (χ3v) is 0.993. The van der Waals surface area contributed by atoms with Crippen molar-refractivity contribution in [2.45, 2.75) is 19.7 Å². The molecule has 1 unspecified atom stereocenters. The number of nitrogens with one attached hydrogen (secondary N) is 1. The van der Waals surface area contributed by atoms with Crippen molar-refractivity contribution in [2.24, 2.45) is 0 Å². The van der Waals surface area contributed by atoms with Crippen LogP contribution in [-0.4, -0.2) is 17.5 Å². The van der Waals surface area contributed by atoms with Crippen LogP contribution >= 0.6 is 0 Å². The van der Waals surface area contributed by atoms with Gasteiger partial charge in [-0.1, -0.05) is 6.58 Å². The Labute approximate surface area is 66.4 Å². The summed E-state index contributed by atoms with van der Waals surface area (Å²) in [4.78, 5) is 0. The first-order chi connectivity index (χ1) is 4.95. The number of allylic oxidation sites excluding steroid dienone is 1. The van der Waals surface area contributed by atoms with E-state index < -0.39 is 5.85 Å². The molecule has 1 atom stereocenters. The van der Waals surface area contributed by atoms with Gasteiger partial charge in [0.15, 0.2) is 0 Å². The van der Waals surface area contributed by atoms with Crippen LogP contribution in [0.25, 0.3) is 0 Å². The largest absolute Gasteiger partial charge is 0.386 e. The SMILES string of the molecule is C=C(/C=C\C(C)(O)F)NCC. The van der Waals surface area contributed by atoms with Crippen molar-refractivity contribution < 1.29 is 9.50 Å². The highest BCUT2D eigenvalue weighted by Crippen LogP contribution is 2.06. The Morgan fingerprint density at radius 2 is 2.36 bits per heavy atom. The van der Waals surface area contributed by atoms with Crippen molar-refractivity contribution >= 4 is 0 Å². The van der Waals surface area contributed by atoms with Gasteiger partial charge in [-0.2, -0.15) is 0 Å². The summed E-state index contributed by atoms with van der Waals surface area (Å²) in [7, 11) is 0. The molecule has 11 heavy (non-hydrogen) atoms. The highest BCUT2D eigenvalue weighted by molar-refractivity contribution is 5.14. The first-order valence-electron chi connectivity index (χ1n) is 3.49. The normalized spacial score (nSPS) is 16.4. The molecule has 2 nitrogen and oxygen atoms in total. The zero-order valence-electron chi connectivity index (χ0n) is 6.89. The highest BCUT2D eigenvalue weighted by Gasteiger charge is 2.11. The van der Waals surface area contributed by atoms with E-state index in [1.54, 1.807) is 0 Å². The van der Waals surface area contributed by atoms with Gasteiger partial charge in [-0.15, -0.1) is 0 Å². The Bertz CT molecular complexity index is 158. The molecule has 0 saturated carbocycles. The maximum atomic E-state index is 12.4. The van der Waals surface area contributed by atoms with Gasteiger partial charge < -0.3 is 10.4 Å². The molecule has 0 saturated heterocycles. The van der Waals surface area contributed by atoms with Crippen LogP contribution in [0.5, 0.6) is 0 Å². The molecular formula is C8H14FNO. The Morgan fingerprint density at radius 3 is 2.73 bits per heavy atom. The standard InChI is InChI=1S/C8H14FNO/c1-4-10-7(2)5-6-8(3,9)11/h5-6,10-11H,2,4H2,1,3H3/b6-5-. The lowest BCUT2D eigenvalue weighted by atomic mass is 10.3. The third kappa shape index (κ3) is 7.06. The van der Waals surface area contributed by atoms with E-state index in [0.717, 1.165) is 19.5 Å². The van der Waals surface area contributed by atoms with Crippen LogP contribution in [0.4, 0.5) is 4.39 Å². The summed E-state index contributed by atoms with van der Waals surface area (Å²) >= 11 is 0. The first-order valence-corrected chi connectivity index (χ1v) is 3.49. The smallest absolute Gasteiger partial charge is 0.223 e. The van der Waals surface area contributed by atoms with Gasteiger partial charge in [0.25, 0.3) is 0 Å². The first kappa shape index (κ1) is 10.2. The molecule has 0 aliphatic rings. The summed E-state index contributed by atoms with van der Waals surface area (Å²) in [5, 5.41) is 11.5. The molecule has 3 heteroatoms. The minimum atomic E-state index is -2.25. The van der Waals surface area contributed by atoms with Crippen LogP contribution in [0.2, 0.25) is 0 Å². The molecule has 0 aromatic carbocycles. The summed E-state index contributed by atoms with van der Waals surface area (Å²) < 4.78 is 12.4. The molecule has 0 amide bonds. The Hall–Kier alpha value is -0.830. The van der Waals surface area contributed by atoms with E-state index >= 15 is 0 Å². The topological polar surface area (TPSA) is 32.3 Å². The summed E-state index contributed by atoms with van der Waals surface area (Å²) in [6.45, 7) is 7.27. The Balaban J connectivity index is 3.83. The number of aliphatic hydroxyl groups is 1. The van der Waals surface area contributed by atoms with Gasteiger partial charge in [0.1, 0.15) is 0 Å². The molecule has 0 aliphatic carbocycles. The zero-order chi connectivity index (χ0) is 8.91. The average molecular weight is 159 g/mol. The second-order valence-electron chi connectivity index (χ2n) is 2.41. The Morgan fingerprint density at radius 1 is 1.82 bits per heavy atom. The molecule has 0 radical (unpaired) electrons. The van der Waals surface area contributed by atoms with Gasteiger partial charge in [-0.25, -0.2) is 4.39 Å². The summed E-state index contributed by atoms with van der Waals surface area (Å²) in [6, 6.07) is 0.